The summed E-state index contributed by atoms with van der Waals surface area (Å²) in [5.41, 5.74) is 2.03. The molecule has 0 aliphatic rings. The predicted octanol–water partition coefficient (Wildman–Crippen LogP) is 4.11. The van der Waals surface area contributed by atoms with Gasteiger partial charge in [0, 0.05) is 24.7 Å². The molecule has 2 rings (SSSR count). The number of esters is 1. The summed E-state index contributed by atoms with van der Waals surface area (Å²) in [6, 6.07) is 9.52. The molecule has 0 saturated carbocycles. The molecular formula is C20H23FN2O3. The summed E-state index contributed by atoms with van der Waals surface area (Å²) < 4.78 is 24.3. The summed E-state index contributed by atoms with van der Waals surface area (Å²) >= 11 is 0. The summed E-state index contributed by atoms with van der Waals surface area (Å²) in [4.78, 5) is 18.8. The van der Waals surface area contributed by atoms with E-state index in [0.29, 0.717) is 17.0 Å². The standard InChI is InChI=1S/C20H23FN2O3/c1-5-23(3)13-22-18-11-10-16(19(25-4)14(18)2)20(24)26-12-15-8-6-7-9-17(15)21/h6-11,13H,5,12H2,1-4H3/b22-13+. The van der Waals surface area contributed by atoms with Gasteiger partial charge in [-0.15, -0.1) is 0 Å². The first-order chi connectivity index (χ1) is 12.5. The third kappa shape index (κ3) is 4.59. The van der Waals surface area contributed by atoms with Gasteiger partial charge in [-0.25, -0.2) is 14.2 Å². The van der Waals surface area contributed by atoms with Crippen molar-refractivity contribution in [2.24, 2.45) is 4.99 Å². The second-order valence-corrected chi connectivity index (χ2v) is 5.78. The fourth-order valence-corrected chi connectivity index (χ4v) is 2.32. The monoisotopic (exact) mass is 358 g/mol. The zero-order valence-corrected chi connectivity index (χ0v) is 15.5. The summed E-state index contributed by atoms with van der Waals surface area (Å²) in [6.07, 6.45) is 1.72. The minimum atomic E-state index is -0.575. The quantitative estimate of drug-likeness (QED) is 0.425. The maximum Gasteiger partial charge on any atom is 0.342 e. The fourth-order valence-electron chi connectivity index (χ4n) is 2.32. The average molecular weight is 358 g/mol. The molecule has 0 bridgehead atoms. The van der Waals surface area contributed by atoms with Gasteiger partial charge in [-0.2, -0.15) is 0 Å². The predicted molar refractivity (Wildman–Crippen MR) is 99.7 cm³/mol. The van der Waals surface area contributed by atoms with Gasteiger partial charge < -0.3 is 14.4 Å². The Labute approximate surface area is 153 Å². The molecule has 0 aliphatic carbocycles. The van der Waals surface area contributed by atoms with Gasteiger partial charge >= 0.3 is 5.97 Å². The number of ether oxygens (including phenoxy) is 2. The lowest BCUT2D eigenvalue weighted by atomic mass is 10.1. The van der Waals surface area contributed by atoms with Crippen LogP contribution in [0.3, 0.4) is 0 Å². The number of hydrogen-bond donors (Lipinski definition) is 0. The number of halogens is 1. The Bertz CT molecular complexity index is 806. The maximum absolute atomic E-state index is 13.6. The van der Waals surface area contributed by atoms with Crippen LogP contribution < -0.4 is 4.74 Å². The summed E-state index contributed by atoms with van der Waals surface area (Å²) in [7, 11) is 3.41. The van der Waals surface area contributed by atoms with E-state index >= 15 is 0 Å². The van der Waals surface area contributed by atoms with Crippen LogP contribution in [0, 0.1) is 12.7 Å². The van der Waals surface area contributed by atoms with Crippen molar-refractivity contribution in [3.05, 3.63) is 58.9 Å². The van der Waals surface area contributed by atoms with Crippen molar-refractivity contribution in [2.75, 3.05) is 20.7 Å². The third-order valence-corrected chi connectivity index (χ3v) is 4.01. The second-order valence-electron chi connectivity index (χ2n) is 5.78. The van der Waals surface area contributed by atoms with E-state index in [0.717, 1.165) is 12.1 Å². The lowest BCUT2D eigenvalue weighted by molar-refractivity contribution is 0.0465. The number of hydrogen-bond acceptors (Lipinski definition) is 4. The van der Waals surface area contributed by atoms with Gasteiger partial charge in [-0.05, 0) is 32.0 Å². The molecule has 5 nitrogen and oxygen atoms in total. The lowest BCUT2D eigenvalue weighted by Crippen LogP contribution is -2.14. The Hall–Kier alpha value is -2.89. The minimum absolute atomic E-state index is 0.144. The van der Waals surface area contributed by atoms with Crippen molar-refractivity contribution in [3.8, 4) is 5.75 Å². The highest BCUT2D eigenvalue weighted by Crippen LogP contribution is 2.32. The molecular weight excluding hydrogens is 335 g/mol. The first kappa shape index (κ1) is 19.4. The molecule has 0 unspecified atom stereocenters. The van der Waals surface area contributed by atoms with Gasteiger partial charge in [0.15, 0.2) is 0 Å². The van der Waals surface area contributed by atoms with E-state index in [1.165, 1.54) is 13.2 Å². The smallest absolute Gasteiger partial charge is 0.342 e. The van der Waals surface area contributed by atoms with Crippen LogP contribution in [0.1, 0.15) is 28.4 Å². The van der Waals surface area contributed by atoms with Crippen LogP contribution in [0.5, 0.6) is 5.75 Å². The van der Waals surface area contributed by atoms with Crippen LogP contribution in [0.4, 0.5) is 10.1 Å². The number of rotatable bonds is 7. The van der Waals surface area contributed by atoms with E-state index in [1.807, 2.05) is 25.8 Å². The van der Waals surface area contributed by atoms with Crippen LogP contribution >= 0.6 is 0 Å². The number of carbonyl (C=O) groups excluding carboxylic acids is 1. The molecule has 0 N–H and O–H groups in total. The topological polar surface area (TPSA) is 51.1 Å². The fraction of sp³-hybridized carbons (Fsp3) is 0.300. The molecule has 0 saturated heterocycles. The number of carbonyl (C=O) groups is 1. The molecule has 0 radical (unpaired) electrons. The van der Waals surface area contributed by atoms with Crippen LogP contribution in [-0.4, -0.2) is 37.9 Å². The van der Waals surface area contributed by atoms with Crippen LogP contribution in [-0.2, 0) is 11.3 Å². The Balaban J connectivity index is 2.20. The van der Waals surface area contributed by atoms with Crippen molar-refractivity contribution < 1.29 is 18.7 Å². The average Bonchev–Trinajstić information content (AvgIpc) is 2.65. The van der Waals surface area contributed by atoms with E-state index in [-0.39, 0.29) is 12.2 Å². The van der Waals surface area contributed by atoms with Crippen LogP contribution in [0.25, 0.3) is 0 Å². The Morgan fingerprint density at radius 1 is 1.27 bits per heavy atom. The minimum Gasteiger partial charge on any atom is -0.495 e. The lowest BCUT2D eigenvalue weighted by Gasteiger charge is -2.14. The highest BCUT2D eigenvalue weighted by Gasteiger charge is 2.18. The van der Waals surface area contributed by atoms with Crippen LogP contribution in [0.2, 0.25) is 0 Å². The van der Waals surface area contributed by atoms with Crippen LogP contribution in [0.15, 0.2) is 41.4 Å². The zero-order valence-electron chi connectivity index (χ0n) is 15.5. The highest BCUT2D eigenvalue weighted by atomic mass is 19.1. The van der Waals surface area contributed by atoms with Crippen molar-refractivity contribution >= 4 is 18.0 Å². The highest BCUT2D eigenvalue weighted by molar-refractivity contribution is 5.94. The first-order valence-electron chi connectivity index (χ1n) is 8.30. The summed E-state index contributed by atoms with van der Waals surface area (Å²) in [6.45, 7) is 4.54. The normalized spacial score (nSPS) is 10.8. The molecule has 0 aromatic heterocycles. The van der Waals surface area contributed by atoms with Gasteiger partial charge in [0.1, 0.15) is 23.7 Å². The van der Waals surface area contributed by atoms with Gasteiger partial charge in [0.2, 0.25) is 0 Å². The van der Waals surface area contributed by atoms with Crippen molar-refractivity contribution in [3.63, 3.8) is 0 Å². The summed E-state index contributed by atoms with van der Waals surface area (Å²) in [5, 5.41) is 0. The van der Waals surface area contributed by atoms with Crippen molar-refractivity contribution in [2.45, 2.75) is 20.5 Å². The Kier molecular flexibility index (Phi) is 6.72. The molecule has 6 heteroatoms. The number of aliphatic imine (C=N–C) groups is 1. The molecule has 0 aliphatic heterocycles. The maximum atomic E-state index is 13.6. The largest absolute Gasteiger partial charge is 0.495 e. The first-order valence-corrected chi connectivity index (χ1v) is 8.30. The van der Waals surface area contributed by atoms with E-state index in [9.17, 15) is 9.18 Å². The zero-order chi connectivity index (χ0) is 19.1. The molecule has 0 spiro atoms. The molecule has 0 amide bonds. The van der Waals surface area contributed by atoms with Gasteiger partial charge in [0.25, 0.3) is 0 Å². The van der Waals surface area contributed by atoms with Crippen molar-refractivity contribution in [1.29, 1.82) is 0 Å². The molecule has 2 aromatic rings. The summed E-state index contributed by atoms with van der Waals surface area (Å²) in [5.74, 6) is -0.583. The van der Waals surface area contributed by atoms with E-state index in [1.54, 1.807) is 36.7 Å². The van der Waals surface area contributed by atoms with Gasteiger partial charge in [-0.3, -0.25) is 0 Å². The number of benzene rings is 2. The van der Waals surface area contributed by atoms with E-state index in [2.05, 4.69) is 4.99 Å². The van der Waals surface area contributed by atoms with Gasteiger partial charge in [-0.1, -0.05) is 18.2 Å². The number of nitrogens with zero attached hydrogens (tertiary/aromatic N) is 2. The molecule has 0 heterocycles. The molecule has 138 valence electrons. The second kappa shape index (κ2) is 8.99. The molecule has 0 atom stereocenters. The molecule has 0 fully saturated rings. The molecule has 26 heavy (non-hydrogen) atoms. The van der Waals surface area contributed by atoms with E-state index < -0.39 is 11.8 Å². The Morgan fingerprint density at radius 2 is 2.00 bits per heavy atom. The molecule has 2 aromatic carbocycles. The SMILES string of the molecule is CCN(C)/C=N/c1ccc(C(=O)OCc2ccccc2F)c(OC)c1C. The third-order valence-electron chi connectivity index (χ3n) is 4.01. The van der Waals surface area contributed by atoms with E-state index in [4.69, 9.17) is 9.47 Å². The number of methoxy groups -OCH3 is 1. The van der Waals surface area contributed by atoms with Crippen molar-refractivity contribution in [1.82, 2.24) is 4.90 Å². The Morgan fingerprint density at radius 3 is 2.65 bits per heavy atom. The van der Waals surface area contributed by atoms with Gasteiger partial charge in [0.05, 0.1) is 19.1 Å².